The topological polar surface area (TPSA) is 47.1 Å². The standard InChI is InChI=1S/C13H10Cl2N2O2S/c1-18-9-4-7-8(5-10(9)19-2)17-13(16-7)6-3-11(14)20-12(6)15/h3-5H,1-2H3,(H,16,17). The molecule has 104 valence electrons. The molecule has 0 aliphatic carbocycles. The molecular formula is C13H10Cl2N2O2S. The molecule has 0 amide bonds. The predicted octanol–water partition coefficient (Wildman–Crippen LogP) is 4.62. The van der Waals surface area contributed by atoms with Gasteiger partial charge in [-0.15, -0.1) is 11.3 Å². The second kappa shape index (κ2) is 5.16. The molecule has 0 spiro atoms. The third kappa shape index (κ3) is 2.22. The maximum atomic E-state index is 6.15. The molecule has 0 bridgehead atoms. The normalized spacial score (nSPS) is 11.0. The fourth-order valence-corrected chi connectivity index (χ4v) is 3.43. The van der Waals surface area contributed by atoms with E-state index in [1.165, 1.54) is 11.3 Å². The van der Waals surface area contributed by atoms with Crippen LogP contribution in [-0.4, -0.2) is 24.2 Å². The summed E-state index contributed by atoms with van der Waals surface area (Å²) >= 11 is 13.4. The van der Waals surface area contributed by atoms with Crippen LogP contribution < -0.4 is 9.47 Å². The summed E-state index contributed by atoms with van der Waals surface area (Å²) in [7, 11) is 3.18. The maximum absolute atomic E-state index is 6.15. The van der Waals surface area contributed by atoms with E-state index in [4.69, 9.17) is 32.7 Å². The number of nitrogens with zero attached hydrogens (tertiary/aromatic N) is 1. The fourth-order valence-electron chi connectivity index (χ4n) is 1.97. The van der Waals surface area contributed by atoms with Crippen LogP contribution in [0.3, 0.4) is 0 Å². The Morgan fingerprint density at radius 1 is 1.10 bits per heavy atom. The summed E-state index contributed by atoms with van der Waals surface area (Å²) < 4.78 is 11.8. The molecular weight excluding hydrogens is 319 g/mol. The largest absolute Gasteiger partial charge is 0.493 e. The molecule has 0 atom stereocenters. The first-order valence-electron chi connectivity index (χ1n) is 5.69. The van der Waals surface area contributed by atoms with E-state index in [9.17, 15) is 0 Å². The Labute approximate surface area is 129 Å². The van der Waals surface area contributed by atoms with E-state index in [-0.39, 0.29) is 0 Å². The van der Waals surface area contributed by atoms with Crippen molar-refractivity contribution >= 4 is 45.6 Å². The Balaban J connectivity index is 2.17. The number of rotatable bonds is 3. The van der Waals surface area contributed by atoms with E-state index >= 15 is 0 Å². The number of hydrogen-bond acceptors (Lipinski definition) is 4. The smallest absolute Gasteiger partial charge is 0.163 e. The first kappa shape index (κ1) is 13.5. The summed E-state index contributed by atoms with van der Waals surface area (Å²) in [4.78, 5) is 7.72. The number of fused-ring (bicyclic) bond motifs is 1. The quantitative estimate of drug-likeness (QED) is 0.763. The minimum Gasteiger partial charge on any atom is -0.493 e. The summed E-state index contributed by atoms with van der Waals surface area (Å²) in [6, 6.07) is 5.45. The third-order valence-electron chi connectivity index (χ3n) is 2.90. The minimum atomic E-state index is 0.605. The molecule has 0 saturated carbocycles. The van der Waals surface area contributed by atoms with Gasteiger partial charge < -0.3 is 14.5 Å². The Hall–Kier alpha value is -1.43. The van der Waals surface area contributed by atoms with Gasteiger partial charge in [0.2, 0.25) is 0 Å². The van der Waals surface area contributed by atoms with Crippen LogP contribution in [0.4, 0.5) is 0 Å². The number of aromatic nitrogens is 2. The van der Waals surface area contributed by atoms with Gasteiger partial charge in [0.15, 0.2) is 11.5 Å². The van der Waals surface area contributed by atoms with Crippen molar-refractivity contribution in [1.29, 1.82) is 0 Å². The van der Waals surface area contributed by atoms with E-state index in [0.717, 1.165) is 16.6 Å². The van der Waals surface area contributed by atoms with Gasteiger partial charge >= 0.3 is 0 Å². The zero-order valence-electron chi connectivity index (χ0n) is 10.7. The summed E-state index contributed by atoms with van der Waals surface area (Å²) in [6.07, 6.45) is 0. The summed E-state index contributed by atoms with van der Waals surface area (Å²) in [5, 5.41) is 0. The number of hydrogen-bond donors (Lipinski definition) is 1. The Morgan fingerprint density at radius 3 is 2.40 bits per heavy atom. The molecule has 4 nitrogen and oxygen atoms in total. The van der Waals surface area contributed by atoms with Crippen molar-refractivity contribution in [3.8, 4) is 22.9 Å². The Morgan fingerprint density at radius 2 is 1.80 bits per heavy atom. The van der Waals surface area contributed by atoms with Gasteiger partial charge in [-0.25, -0.2) is 4.98 Å². The zero-order chi connectivity index (χ0) is 14.3. The number of H-pyrrole nitrogens is 1. The average Bonchev–Trinajstić information content (AvgIpc) is 2.99. The highest BCUT2D eigenvalue weighted by Crippen LogP contribution is 2.38. The molecule has 0 radical (unpaired) electrons. The van der Waals surface area contributed by atoms with Crippen molar-refractivity contribution in [3.63, 3.8) is 0 Å². The van der Waals surface area contributed by atoms with Gasteiger partial charge in [0.25, 0.3) is 0 Å². The first-order valence-corrected chi connectivity index (χ1v) is 7.26. The summed E-state index contributed by atoms with van der Waals surface area (Å²) in [6.45, 7) is 0. The maximum Gasteiger partial charge on any atom is 0.163 e. The number of ether oxygens (including phenoxy) is 2. The van der Waals surface area contributed by atoms with E-state index in [1.54, 1.807) is 20.3 Å². The number of aromatic amines is 1. The van der Waals surface area contributed by atoms with E-state index in [0.29, 0.717) is 26.0 Å². The summed E-state index contributed by atoms with van der Waals surface area (Å²) in [5.74, 6) is 1.95. The van der Waals surface area contributed by atoms with Crippen molar-refractivity contribution < 1.29 is 9.47 Å². The molecule has 7 heteroatoms. The van der Waals surface area contributed by atoms with E-state index in [1.807, 2.05) is 12.1 Å². The van der Waals surface area contributed by atoms with Crippen molar-refractivity contribution in [1.82, 2.24) is 9.97 Å². The molecule has 0 unspecified atom stereocenters. The molecule has 1 N–H and O–H groups in total. The Bertz CT molecular complexity index is 741. The van der Waals surface area contributed by atoms with Crippen molar-refractivity contribution in [2.75, 3.05) is 14.2 Å². The van der Waals surface area contributed by atoms with E-state index < -0.39 is 0 Å². The lowest BCUT2D eigenvalue weighted by molar-refractivity contribution is 0.356. The number of imidazole rings is 1. The molecule has 0 aliphatic heterocycles. The number of nitrogens with one attached hydrogen (secondary N) is 1. The molecule has 0 fully saturated rings. The molecule has 0 aliphatic rings. The highest BCUT2D eigenvalue weighted by atomic mass is 35.5. The van der Waals surface area contributed by atoms with Gasteiger partial charge in [0, 0.05) is 17.7 Å². The van der Waals surface area contributed by atoms with Crippen LogP contribution in [0.1, 0.15) is 0 Å². The van der Waals surface area contributed by atoms with Gasteiger partial charge in [-0.1, -0.05) is 23.2 Å². The van der Waals surface area contributed by atoms with Crippen molar-refractivity contribution in [2.24, 2.45) is 0 Å². The predicted molar refractivity (Wildman–Crippen MR) is 82.5 cm³/mol. The van der Waals surface area contributed by atoms with E-state index in [2.05, 4.69) is 9.97 Å². The average molecular weight is 329 g/mol. The molecule has 1 aromatic carbocycles. The van der Waals surface area contributed by atoms with Crippen molar-refractivity contribution in [3.05, 3.63) is 26.9 Å². The minimum absolute atomic E-state index is 0.605. The number of methoxy groups -OCH3 is 2. The van der Waals surface area contributed by atoms with Gasteiger partial charge in [-0.2, -0.15) is 0 Å². The molecule has 3 aromatic rings. The van der Waals surface area contributed by atoms with Crippen LogP contribution >= 0.6 is 34.5 Å². The highest BCUT2D eigenvalue weighted by molar-refractivity contribution is 7.20. The Kier molecular flexibility index (Phi) is 3.50. The van der Waals surface area contributed by atoms with Gasteiger partial charge in [-0.05, 0) is 6.07 Å². The molecule has 0 saturated heterocycles. The van der Waals surface area contributed by atoms with Crippen molar-refractivity contribution in [2.45, 2.75) is 0 Å². The molecule has 2 heterocycles. The summed E-state index contributed by atoms with van der Waals surface area (Å²) in [5.41, 5.74) is 2.41. The fraction of sp³-hybridized carbons (Fsp3) is 0.154. The van der Waals surface area contributed by atoms with Crippen LogP contribution in [0.15, 0.2) is 18.2 Å². The monoisotopic (exact) mass is 328 g/mol. The van der Waals surface area contributed by atoms with Gasteiger partial charge in [0.1, 0.15) is 10.2 Å². The second-order valence-corrected chi connectivity index (χ2v) is 6.33. The highest BCUT2D eigenvalue weighted by Gasteiger charge is 2.14. The molecule has 2 aromatic heterocycles. The third-order valence-corrected chi connectivity index (χ3v) is 4.39. The number of thiophene rings is 1. The van der Waals surface area contributed by atoms with Gasteiger partial charge in [-0.3, -0.25) is 0 Å². The number of halogens is 2. The molecule has 3 rings (SSSR count). The lowest BCUT2D eigenvalue weighted by atomic mass is 10.3. The van der Waals surface area contributed by atoms with Gasteiger partial charge in [0.05, 0.1) is 29.6 Å². The number of benzene rings is 1. The SMILES string of the molecule is COc1cc2nc(-c3cc(Cl)sc3Cl)[nH]c2cc1OC. The van der Waals surface area contributed by atoms with Crippen LogP contribution in [0, 0.1) is 0 Å². The van der Waals surface area contributed by atoms with Crippen LogP contribution in [0.5, 0.6) is 11.5 Å². The van der Waals surface area contributed by atoms with Crippen LogP contribution in [0.2, 0.25) is 8.67 Å². The zero-order valence-corrected chi connectivity index (χ0v) is 13.0. The second-order valence-electron chi connectivity index (χ2n) is 4.05. The molecule has 20 heavy (non-hydrogen) atoms. The first-order chi connectivity index (χ1) is 9.62. The lowest BCUT2D eigenvalue weighted by Crippen LogP contribution is -1.89. The van der Waals surface area contributed by atoms with Crippen LogP contribution in [0.25, 0.3) is 22.4 Å². The van der Waals surface area contributed by atoms with Crippen LogP contribution in [-0.2, 0) is 0 Å². The lowest BCUT2D eigenvalue weighted by Gasteiger charge is -2.06.